The van der Waals surface area contributed by atoms with Crippen molar-refractivity contribution in [2.24, 2.45) is 0 Å². The topological polar surface area (TPSA) is 46.6 Å². The molecule has 1 heterocycles. The van der Waals surface area contributed by atoms with E-state index in [1.165, 1.54) is 11.1 Å². The van der Waals surface area contributed by atoms with Crippen LogP contribution in [-0.2, 0) is 16.0 Å². The molecule has 114 valence electrons. The van der Waals surface area contributed by atoms with Crippen molar-refractivity contribution in [1.29, 1.82) is 0 Å². The fraction of sp³-hybridized carbons (Fsp3) is 0.667. The second-order valence-electron chi connectivity index (χ2n) is 4.92. The lowest BCUT2D eigenvalue weighted by molar-refractivity contribution is 0.196. The molecule has 1 aromatic heterocycles. The molecule has 1 aromatic rings. The Bertz CT molecular complexity index is 385. The van der Waals surface area contributed by atoms with Gasteiger partial charge in [0, 0.05) is 53.7 Å². The summed E-state index contributed by atoms with van der Waals surface area (Å²) in [5.74, 6) is 1.04. The van der Waals surface area contributed by atoms with Gasteiger partial charge in [0.2, 0.25) is 0 Å². The van der Waals surface area contributed by atoms with Gasteiger partial charge >= 0.3 is 0 Å². The minimum Gasteiger partial charge on any atom is -0.385 e. The number of hydrogen-bond acceptors (Lipinski definition) is 5. The number of hydrogen-bond donors (Lipinski definition) is 1. The fourth-order valence-electron chi connectivity index (χ4n) is 2.08. The molecule has 0 bridgehead atoms. The third-order valence-electron chi connectivity index (χ3n) is 3.12. The summed E-state index contributed by atoms with van der Waals surface area (Å²) in [7, 11) is 5.51. The van der Waals surface area contributed by atoms with Crippen LogP contribution in [0.4, 0.5) is 5.82 Å². The molecule has 0 aromatic carbocycles. The molecule has 0 unspecified atom stereocenters. The van der Waals surface area contributed by atoms with Crippen LogP contribution in [0, 0.1) is 6.92 Å². The van der Waals surface area contributed by atoms with E-state index in [2.05, 4.69) is 35.2 Å². The SMILES string of the molecule is COCCCN(C)c1ncc(CNCCOC)cc1C. The summed E-state index contributed by atoms with van der Waals surface area (Å²) >= 11 is 0. The zero-order valence-electron chi connectivity index (χ0n) is 13.1. The molecule has 0 fully saturated rings. The first-order chi connectivity index (χ1) is 9.69. The lowest BCUT2D eigenvalue weighted by Crippen LogP contribution is -2.22. The Balaban J connectivity index is 2.49. The van der Waals surface area contributed by atoms with Gasteiger partial charge < -0.3 is 19.7 Å². The van der Waals surface area contributed by atoms with Gasteiger partial charge in [0.1, 0.15) is 5.82 Å². The van der Waals surface area contributed by atoms with Crippen molar-refractivity contribution in [3.8, 4) is 0 Å². The number of ether oxygens (including phenoxy) is 2. The van der Waals surface area contributed by atoms with Gasteiger partial charge in [-0.3, -0.25) is 0 Å². The summed E-state index contributed by atoms with van der Waals surface area (Å²) in [6.45, 7) is 6.25. The second-order valence-corrected chi connectivity index (χ2v) is 4.92. The Labute approximate surface area is 122 Å². The zero-order valence-corrected chi connectivity index (χ0v) is 13.1. The van der Waals surface area contributed by atoms with E-state index in [1.807, 2.05) is 6.20 Å². The van der Waals surface area contributed by atoms with E-state index in [1.54, 1.807) is 14.2 Å². The molecule has 0 aliphatic heterocycles. The molecule has 1 N–H and O–H groups in total. The van der Waals surface area contributed by atoms with Crippen LogP contribution in [0.2, 0.25) is 0 Å². The summed E-state index contributed by atoms with van der Waals surface area (Å²) < 4.78 is 10.1. The quantitative estimate of drug-likeness (QED) is 0.660. The number of nitrogens with zero attached hydrogens (tertiary/aromatic N) is 2. The minimum absolute atomic E-state index is 0.729. The van der Waals surface area contributed by atoms with Crippen LogP contribution in [0.3, 0.4) is 0 Å². The number of methoxy groups -OCH3 is 2. The predicted octanol–water partition coefficient (Wildman–Crippen LogP) is 1.60. The van der Waals surface area contributed by atoms with Crippen molar-refractivity contribution in [3.63, 3.8) is 0 Å². The number of pyridine rings is 1. The van der Waals surface area contributed by atoms with Gasteiger partial charge in [-0.2, -0.15) is 0 Å². The molecule has 0 radical (unpaired) electrons. The van der Waals surface area contributed by atoms with Gasteiger partial charge in [-0.05, 0) is 30.5 Å². The first kappa shape index (κ1) is 16.9. The van der Waals surface area contributed by atoms with E-state index in [-0.39, 0.29) is 0 Å². The van der Waals surface area contributed by atoms with Crippen molar-refractivity contribution in [2.75, 3.05) is 52.5 Å². The maximum Gasteiger partial charge on any atom is 0.131 e. The summed E-state index contributed by atoms with van der Waals surface area (Å²) in [6.07, 6.45) is 2.95. The van der Waals surface area contributed by atoms with Crippen LogP contribution in [-0.4, -0.2) is 52.6 Å². The molecule has 20 heavy (non-hydrogen) atoms. The van der Waals surface area contributed by atoms with Gasteiger partial charge in [-0.25, -0.2) is 4.98 Å². The molecule has 0 aliphatic rings. The molecule has 0 saturated heterocycles. The van der Waals surface area contributed by atoms with E-state index < -0.39 is 0 Å². The van der Waals surface area contributed by atoms with Crippen molar-refractivity contribution >= 4 is 5.82 Å². The maximum absolute atomic E-state index is 5.08. The molecule has 5 heteroatoms. The van der Waals surface area contributed by atoms with Crippen LogP contribution < -0.4 is 10.2 Å². The van der Waals surface area contributed by atoms with Crippen LogP contribution in [0.25, 0.3) is 0 Å². The Hall–Kier alpha value is -1.17. The zero-order chi connectivity index (χ0) is 14.8. The maximum atomic E-state index is 5.08. The molecule has 5 nitrogen and oxygen atoms in total. The van der Waals surface area contributed by atoms with Crippen molar-refractivity contribution < 1.29 is 9.47 Å². The number of nitrogens with one attached hydrogen (secondary N) is 1. The van der Waals surface area contributed by atoms with Crippen LogP contribution >= 0.6 is 0 Å². The Morgan fingerprint density at radius 1 is 1.25 bits per heavy atom. The predicted molar refractivity (Wildman–Crippen MR) is 82.3 cm³/mol. The average molecular weight is 281 g/mol. The number of aryl methyl sites for hydroxylation is 1. The van der Waals surface area contributed by atoms with Gasteiger partial charge in [-0.15, -0.1) is 0 Å². The highest BCUT2D eigenvalue weighted by molar-refractivity contribution is 5.46. The standard InChI is InChI=1S/C15H27N3O2/c1-13-10-14(11-16-6-9-20-4)12-17-15(13)18(2)7-5-8-19-3/h10,12,16H,5-9,11H2,1-4H3. The molecule has 1 rings (SSSR count). The van der Waals surface area contributed by atoms with E-state index >= 15 is 0 Å². The summed E-state index contributed by atoms with van der Waals surface area (Å²) in [5, 5.41) is 3.33. The number of rotatable bonds is 10. The molecule has 0 atom stereocenters. The Morgan fingerprint density at radius 3 is 2.65 bits per heavy atom. The van der Waals surface area contributed by atoms with Crippen molar-refractivity contribution in [3.05, 3.63) is 23.4 Å². The van der Waals surface area contributed by atoms with E-state index in [9.17, 15) is 0 Å². The normalized spacial score (nSPS) is 10.8. The summed E-state index contributed by atoms with van der Waals surface area (Å²) in [5.41, 5.74) is 2.41. The molecular formula is C15H27N3O2. The molecule has 0 spiro atoms. The molecule has 0 saturated carbocycles. The highest BCUT2D eigenvalue weighted by Crippen LogP contribution is 2.16. The lowest BCUT2D eigenvalue weighted by atomic mass is 10.2. The second kappa shape index (κ2) is 9.69. The van der Waals surface area contributed by atoms with Crippen molar-refractivity contribution in [2.45, 2.75) is 19.9 Å². The number of aromatic nitrogens is 1. The van der Waals surface area contributed by atoms with Gasteiger partial charge in [-0.1, -0.05) is 0 Å². The third kappa shape index (κ3) is 5.86. The third-order valence-corrected chi connectivity index (χ3v) is 3.12. The molecule has 0 aliphatic carbocycles. The first-order valence-electron chi connectivity index (χ1n) is 7.04. The minimum atomic E-state index is 0.729. The van der Waals surface area contributed by atoms with Gasteiger partial charge in [0.05, 0.1) is 6.61 Å². The Morgan fingerprint density at radius 2 is 2.00 bits per heavy atom. The summed E-state index contributed by atoms with van der Waals surface area (Å²) in [4.78, 5) is 6.75. The largest absolute Gasteiger partial charge is 0.385 e. The van der Waals surface area contributed by atoms with Gasteiger partial charge in [0.15, 0.2) is 0 Å². The van der Waals surface area contributed by atoms with E-state index in [4.69, 9.17) is 9.47 Å². The van der Waals surface area contributed by atoms with Gasteiger partial charge in [0.25, 0.3) is 0 Å². The van der Waals surface area contributed by atoms with Crippen LogP contribution in [0.1, 0.15) is 17.5 Å². The molecular weight excluding hydrogens is 254 g/mol. The average Bonchev–Trinajstić information content (AvgIpc) is 2.44. The fourth-order valence-corrected chi connectivity index (χ4v) is 2.08. The smallest absolute Gasteiger partial charge is 0.131 e. The van der Waals surface area contributed by atoms with E-state index in [0.717, 1.165) is 45.1 Å². The monoisotopic (exact) mass is 281 g/mol. The molecule has 0 amide bonds. The summed E-state index contributed by atoms with van der Waals surface area (Å²) in [6, 6.07) is 2.19. The van der Waals surface area contributed by atoms with E-state index in [0.29, 0.717) is 0 Å². The number of anilines is 1. The van der Waals surface area contributed by atoms with Crippen LogP contribution in [0.15, 0.2) is 12.3 Å². The van der Waals surface area contributed by atoms with Crippen LogP contribution in [0.5, 0.6) is 0 Å². The van der Waals surface area contributed by atoms with Crippen molar-refractivity contribution in [1.82, 2.24) is 10.3 Å². The first-order valence-corrected chi connectivity index (χ1v) is 7.04. The highest BCUT2D eigenvalue weighted by atomic mass is 16.5. The highest BCUT2D eigenvalue weighted by Gasteiger charge is 2.07. The Kier molecular flexibility index (Phi) is 8.18. The lowest BCUT2D eigenvalue weighted by Gasteiger charge is -2.20.